The fourth-order valence-electron chi connectivity index (χ4n) is 4.80. The van der Waals surface area contributed by atoms with Crippen molar-refractivity contribution < 1.29 is 18.0 Å². The highest BCUT2D eigenvalue weighted by molar-refractivity contribution is 6.30. The average Bonchev–Trinajstić information content (AvgIpc) is 3.48. The van der Waals surface area contributed by atoms with E-state index in [1.165, 1.54) is 6.07 Å². The number of hydrogen-bond acceptors (Lipinski definition) is 4. The molecule has 0 aliphatic heterocycles. The number of fused-ring (bicyclic) bond motifs is 2. The van der Waals surface area contributed by atoms with Gasteiger partial charge in [-0.2, -0.15) is 23.4 Å². The number of anilines is 1. The van der Waals surface area contributed by atoms with Gasteiger partial charge in [0, 0.05) is 16.7 Å². The summed E-state index contributed by atoms with van der Waals surface area (Å²) in [6.45, 7) is 3.96. The van der Waals surface area contributed by atoms with E-state index in [9.17, 15) is 18.0 Å². The quantitative estimate of drug-likeness (QED) is 0.234. The Balaban J connectivity index is 1.34. The smallest absolute Gasteiger partial charge is 0.317 e. The maximum atomic E-state index is 14.1. The summed E-state index contributed by atoms with van der Waals surface area (Å²) in [7, 11) is 0. The van der Waals surface area contributed by atoms with E-state index in [2.05, 4.69) is 20.5 Å². The van der Waals surface area contributed by atoms with Gasteiger partial charge in [0.1, 0.15) is 0 Å². The van der Waals surface area contributed by atoms with E-state index >= 15 is 0 Å². The molecule has 0 bridgehead atoms. The van der Waals surface area contributed by atoms with Crippen LogP contribution in [0.15, 0.2) is 78.9 Å². The number of aromatic nitrogens is 5. The van der Waals surface area contributed by atoms with Crippen LogP contribution in [0.3, 0.4) is 0 Å². The summed E-state index contributed by atoms with van der Waals surface area (Å²) in [5, 5.41) is 13.7. The van der Waals surface area contributed by atoms with Gasteiger partial charge in [-0.3, -0.25) is 9.48 Å². The summed E-state index contributed by atoms with van der Waals surface area (Å²) < 4.78 is 44.8. The molecule has 1 amide bonds. The van der Waals surface area contributed by atoms with E-state index in [0.717, 1.165) is 22.4 Å². The number of rotatable bonds is 5. The molecule has 0 aliphatic carbocycles. The number of amides is 1. The van der Waals surface area contributed by atoms with Crippen molar-refractivity contribution in [2.75, 3.05) is 5.32 Å². The Kier molecular flexibility index (Phi) is 6.50. The standard InChI is InChI=1S/C30H22ClF3N6O/c1-17-28(18(2)39(37-17)16-19-6-5-9-23(31)12-19)36-29(41)25-15-27-35-24(14-26(30(32,33)34)40(27)38-25)22-11-10-20-7-3-4-8-21(20)13-22/h3-15H,16H2,1-2H3,(H,36,41). The molecule has 6 rings (SSSR count). The fraction of sp³-hybridized carbons (Fsp3) is 0.133. The molecule has 6 aromatic rings. The van der Waals surface area contributed by atoms with Crippen molar-refractivity contribution in [3.8, 4) is 11.3 Å². The molecule has 3 heterocycles. The molecule has 41 heavy (non-hydrogen) atoms. The van der Waals surface area contributed by atoms with Crippen LogP contribution in [0, 0.1) is 13.8 Å². The molecule has 0 atom stereocenters. The Morgan fingerprint density at radius 1 is 0.927 bits per heavy atom. The van der Waals surface area contributed by atoms with Gasteiger partial charge in [0.2, 0.25) is 0 Å². The van der Waals surface area contributed by atoms with Crippen LogP contribution in [0.5, 0.6) is 0 Å². The first-order chi connectivity index (χ1) is 19.6. The summed E-state index contributed by atoms with van der Waals surface area (Å²) in [6.07, 6.45) is -4.73. The second-order valence-electron chi connectivity index (χ2n) is 9.67. The Morgan fingerprint density at radius 3 is 2.46 bits per heavy atom. The number of carbonyl (C=O) groups is 1. The zero-order chi connectivity index (χ0) is 28.9. The minimum atomic E-state index is -4.73. The third-order valence-electron chi connectivity index (χ3n) is 6.84. The molecule has 7 nitrogen and oxygen atoms in total. The van der Waals surface area contributed by atoms with Crippen molar-refractivity contribution in [2.45, 2.75) is 26.6 Å². The molecule has 3 aromatic carbocycles. The van der Waals surface area contributed by atoms with Crippen LogP contribution in [-0.2, 0) is 12.7 Å². The summed E-state index contributed by atoms with van der Waals surface area (Å²) >= 11 is 6.09. The normalized spacial score (nSPS) is 11.9. The zero-order valence-corrected chi connectivity index (χ0v) is 22.6. The molecular formula is C30H22ClF3N6O. The molecule has 0 fully saturated rings. The number of halogens is 4. The summed E-state index contributed by atoms with van der Waals surface area (Å²) in [5.74, 6) is -0.676. The van der Waals surface area contributed by atoms with Crippen molar-refractivity contribution in [3.63, 3.8) is 0 Å². The molecule has 0 radical (unpaired) electrons. The number of nitrogens with one attached hydrogen (secondary N) is 1. The van der Waals surface area contributed by atoms with Gasteiger partial charge in [-0.1, -0.05) is 60.1 Å². The van der Waals surface area contributed by atoms with Crippen LogP contribution in [0.2, 0.25) is 5.02 Å². The highest BCUT2D eigenvalue weighted by Gasteiger charge is 2.36. The number of aryl methyl sites for hydroxylation is 1. The third kappa shape index (κ3) is 5.14. The van der Waals surface area contributed by atoms with E-state index in [1.807, 2.05) is 48.5 Å². The van der Waals surface area contributed by atoms with E-state index in [-0.39, 0.29) is 17.0 Å². The van der Waals surface area contributed by atoms with Crippen LogP contribution in [0.1, 0.15) is 33.1 Å². The minimum Gasteiger partial charge on any atom is -0.317 e. The average molecular weight is 575 g/mol. The Labute approximate surface area is 237 Å². The van der Waals surface area contributed by atoms with E-state index in [0.29, 0.717) is 38.7 Å². The van der Waals surface area contributed by atoms with Crippen molar-refractivity contribution >= 4 is 39.6 Å². The first-order valence-corrected chi connectivity index (χ1v) is 13.0. The largest absolute Gasteiger partial charge is 0.433 e. The van der Waals surface area contributed by atoms with Gasteiger partial charge < -0.3 is 5.32 Å². The van der Waals surface area contributed by atoms with Crippen LogP contribution in [0.4, 0.5) is 18.9 Å². The van der Waals surface area contributed by atoms with Gasteiger partial charge in [0.25, 0.3) is 5.91 Å². The number of alkyl halides is 3. The number of nitrogens with zero attached hydrogens (tertiary/aromatic N) is 5. The number of benzene rings is 3. The van der Waals surface area contributed by atoms with Gasteiger partial charge in [-0.25, -0.2) is 9.50 Å². The third-order valence-corrected chi connectivity index (χ3v) is 7.07. The first-order valence-electron chi connectivity index (χ1n) is 12.6. The lowest BCUT2D eigenvalue weighted by atomic mass is 10.0. The second kappa shape index (κ2) is 10.0. The number of hydrogen-bond donors (Lipinski definition) is 1. The Morgan fingerprint density at radius 2 is 1.71 bits per heavy atom. The van der Waals surface area contributed by atoms with Gasteiger partial charge in [0.05, 0.1) is 29.3 Å². The summed E-state index contributed by atoms with van der Waals surface area (Å²) in [4.78, 5) is 17.6. The highest BCUT2D eigenvalue weighted by atomic mass is 35.5. The molecular weight excluding hydrogens is 553 g/mol. The number of carbonyl (C=O) groups excluding carboxylic acids is 1. The van der Waals surface area contributed by atoms with Gasteiger partial charge in [-0.05, 0) is 54.4 Å². The molecule has 0 saturated carbocycles. The van der Waals surface area contributed by atoms with Crippen LogP contribution in [-0.4, -0.2) is 30.3 Å². The van der Waals surface area contributed by atoms with E-state index in [4.69, 9.17) is 11.6 Å². The molecule has 0 saturated heterocycles. The Bertz CT molecular complexity index is 1960. The van der Waals surface area contributed by atoms with E-state index in [1.54, 1.807) is 36.7 Å². The van der Waals surface area contributed by atoms with E-state index < -0.39 is 17.8 Å². The monoisotopic (exact) mass is 574 g/mol. The molecule has 3 aromatic heterocycles. The molecule has 0 spiro atoms. The minimum absolute atomic E-state index is 0.0989. The molecule has 1 N–H and O–H groups in total. The van der Waals surface area contributed by atoms with Crippen LogP contribution >= 0.6 is 11.6 Å². The molecule has 0 unspecified atom stereocenters. The van der Waals surface area contributed by atoms with Gasteiger partial charge in [0.15, 0.2) is 17.0 Å². The van der Waals surface area contributed by atoms with Crippen LogP contribution in [0.25, 0.3) is 27.7 Å². The Hall–Kier alpha value is -4.70. The zero-order valence-electron chi connectivity index (χ0n) is 21.9. The summed E-state index contributed by atoms with van der Waals surface area (Å²) in [5.41, 5.74) is 1.90. The van der Waals surface area contributed by atoms with Crippen LogP contribution < -0.4 is 5.32 Å². The molecule has 11 heteroatoms. The molecule has 206 valence electrons. The summed E-state index contributed by atoms with van der Waals surface area (Å²) in [6, 6.07) is 22.4. The predicted octanol–water partition coefficient (Wildman–Crippen LogP) is 7.34. The highest BCUT2D eigenvalue weighted by Crippen LogP contribution is 2.33. The fourth-order valence-corrected chi connectivity index (χ4v) is 5.01. The lowest BCUT2D eigenvalue weighted by molar-refractivity contribution is -0.142. The first kappa shape index (κ1) is 26.5. The maximum Gasteiger partial charge on any atom is 0.433 e. The predicted molar refractivity (Wildman–Crippen MR) is 151 cm³/mol. The van der Waals surface area contributed by atoms with Gasteiger partial charge >= 0.3 is 6.18 Å². The topological polar surface area (TPSA) is 77.1 Å². The van der Waals surface area contributed by atoms with Crippen molar-refractivity contribution in [2.24, 2.45) is 0 Å². The SMILES string of the molecule is Cc1nn(Cc2cccc(Cl)c2)c(C)c1NC(=O)c1cc2nc(-c3ccc4ccccc4c3)cc(C(F)(F)F)n2n1. The maximum absolute atomic E-state index is 14.1. The lowest BCUT2D eigenvalue weighted by Crippen LogP contribution is -2.16. The van der Waals surface area contributed by atoms with Crippen molar-refractivity contribution in [1.29, 1.82) is 0 Å². The molecule has 0 aliphatic rings. The second-order valence-corrected chi connectivity index (χ2v) is 10.1. The van der Waals surface area contributed by atoms with Crippen molar-refractivity contribution in [1.82, 2.24) is 24.4 Å². The van der Waals surface area contributed by atoms with Crippen molar-refractivity contribution in [3.05, 3.63) is 112 Å². The van der Waals surface area contributed by atoms with Gasteiger partial charge in [-0.15, -0.1) is 0 Å². The lowest BCUT2D eigenvalue weighted by Gasteiger charge is -2.11.